The van der Waals surface area contributed by atoms with E-state index in [0.29, 0.717) is 6.61 Å². The summed E-state index contributed by atoms with van der Waals surface area (Å²) in [6.07, 6.45) is 3.09. The second-order valence-corrected chi connectivity index (χ2v) is 7.07. The van der Waals surface area contributed by atoms with Crippen molar-refractivity contribution in [1.29, 1.82) is 0 Å². The molecule has 0 spiro atoms. The van der Waals surface area contributed by atoms with Crippen molar-refractivity contribution in [3.63, 3.8) is 0 Å². The lowest BCUT2D eigenvalue weighted by Crippen LogP contribution is -2.15. The topological polar surface area (TPSA) is 42.7 Å². The summed E-state index contributed by atoms with van der Waals surface area (Å²) in [5.41, 5.74) is 4.15. The first-order chi connectivity index (χ1) is 13.7. The number of ether oxygens (including phenoxy) is 1. The normalized spacial score (nSPS) is 11.2. The third-order valence-corrected chi connectivity index (χ3v) is 4.64. The Hall–Kier alpha value is -3.18. The zero-order chi connectivity index (χ0) is 19.3. The summed E-state index contributed by atoms with van der Waals surface area (Å²) >= 11 is 0. The van der Waals surface area contributed by atoms with E-state index in [1.165, 1.54) is 5.56 Å². The van der Waals surface area contributed by atoms with Crippen LogP contribution >= 0.6 is 0 Å². The molecule has 0 bridgehead atoms. The predicted octanol–water partition coefficient (Wildman–Crippen LogP) is 4.39. The number of aromatic nitrogens is 3. The van der Waals surface area contributed by atoms with Gasteiger partial charge in [0.15, 0.2) is 11.5 Å². The van der Waals surface area contributed by atoms with Crippen molar-refractivity contribution in [3.05, 3.63) is 72.9 Å². The summed E-state index contributed by atoms with van der Waals surface area (Å²) in [4.78, 5) is 2.16. The van der Waals surface area contributed by atoms with Crippen LogP contribution in [0, 0.1) is 0 Å². The fraction of sp³-hybridized carbons (Fsp3) is 0.217. The van der Waals surface area contributed by atoms with Gasteiger partial charge in [0, 0.05) is 18.3 Å². The lowest BCUT2D eigenvalue weighted by Gasteiger charge is -2.10. The Morgan fingerprint density at radius 2 is 1.57 bits per heavy atom. The second-order valence-electron chi connectivity index (χ2n) is 7.07. The molecule has 28 heavy (non-hydrogen) atoms. The average molecular weight is 372 g/mol. The predicted molar refractivity (Wildman–Crippen MR) is 113 cm³/mol. The van der Waals surface area contributed by atoms with Gasteiger partial charge in [-0.2, -0.15) is 0 Å². The standard InChI is InChI=1S/C23H24N4O/c1-26(2)15-6-16-28-21-12-9-19(10-13-21)23-25-24-22-14-11-20(17-27(22)23)18-7-4-3-5-8-18/h3-5,7-14,17H,6,15-16H2,1-2H3. The molecule has 5 heteroatoms. The number of hydrogen-bond donors (Lipinski definition) is 0. The van der Waals surface area contributed by atoms with Crippen molar-refractivity contribution in [2.75, 3.05) is 27.2 Å². The molecule has 0 aliphatic heterocycles. The van der Waals surface area contributed by atoms with Gasteiger partial charge in [0.05, 0.1) is 6.61 Å². The second kappa shape index (κ2) is 8.23. The average Bonchev–Trinajstić information content (AvgIpc) is 3.15. The van der Waals surface area contributed by atoms with Crippen molar-refractivity contribution in [1.82, 2.24) is 19.5 Å². The van der Waals surface area contributed by atoms with E-state index >= 15 is 0 Å². The lowest BCUT2D eigenvalue weighted by atomic mass is 10.1. The summed E-state index contributed by atoms with van der Waals surface area (Å²) in [6.45, 7) is 1.74. The zero-order valence-corrected chi connectivity index (χ0v) is 16.2. The van der Waals surface area contributed by atoms with E-state index in [4.69, 9.17) is 4.74 Å². The first-order valence-corrected chi connectivity index (χ1v) is 9.49. The Morgan fingerprint density at radius 3 is 2.32 bits per heavy atom. The van der Waals surface area contributed by atoms with Crippen LogP contribution in [-0.2, 0) is 0 Å². The van der Waals surface area contributed by atoms with Crippen molar-refractivity contribution in [2.24, 2.45) is 0 Å². The van der Waals surface area contributed by atoms with Crippen LogP contribution in [0.5, 0.6) is 5.75 Å². The van der Waals surface area contributed by atoms with Gasteiger partial charge in [0.25, 0.3) is 0 Å². The van der Waals surface area contributed by atoms with Crippen LogP contribution in [0.1, 0.15) is 6.42 Å². The minimum Gasteiger partial charge on any atom is -0.494 e. The molecule has 0 atom stereocenters. The highest BCUT2D eigenvalue weighted by molar-refractivity contribution is 5.67. The largest absolute Gasteiger partial charge is 0.494 e. The Kier molecular flexibility index (Phi) is 5.35. The van der Waals surface area contributed by atoms with E-state index in [1.807, 2.05) is 52.9 Å². The monoisotopic (exact) mass is 372 g/mol. The first kappa shape index (κ1) is 18.2. The zero-order valence-electron chi connectivity index (χ0n) is 16.2. The Morgan fingerprint density at radius 1 is 0.821 bits per heavy atom. The van der Waals surface area contributed by atoms with Crippen LogP contribution in [0.25, 0.3) is 28.2 Å². The number of fused-ring (bicyclic) bond motifs is 1. The van der Waals surface area contributed by atoms with Gasteiger partial charge in [0.1, 0.15) is 5.75 Å². The van der Waals surface area contributed by atoms with E-state index in [-0.39, 0.29) is 0 Å². The fourth-order valence-corrected chi connectivity index (χ4v) is 3.16. The first-order valence-electron chi connectivity index (χ1n) is 9.49. The highest BCUT2D eigenvalue weighted by Crippen LogP contribution is 2.25. The number of hydrogen-bond acceptors (Lipinski definition) is 4. The molecule has 0 unspecified atom stereocenters. The van der Waals surface area contributed by atoms with E-state index in [2.05, 4.69) is 53.6 Å². The minimum atomic E-state index is 0.714. The Labute approximate surface area is 165 Å². The summed E-state index contributed by atoms with van der Waals surface area (Å²) in [5, 5.41) is 8.70. The number of pyridine rings is 1. The van der Waals surface area contributed by atoms with Gasteiger partial charge < -0.3 is 9.64 Å². The molecule has 2 aromatic carbocycles. The summed E-state index contributed by atoms with van der Waals surface area (Å²) in [6, 6.07) is 22.5. The SMILES string of the molecule is CN(C)CCCOc1ccc(-c2nnc3ccc(-c4ccccc4)cn23)cc1. The van der Waals surface area contributed by atoms with Gasteiger partial charge in [-0.1, -0.05) is 30.3 Å². The molecule has 0 fully saturated rings. The van der Waals surface area contributed by atoms with Gasteiger partial charge in [-0.05, 0) is 68.0 Å². The van der Waals surface area contributed by atoms with E-state index in [9.17, 15) is 0 Å². The highest BCUT2D eigenvalue weighted by atomic mass is 16.5. The molecule has 2 aromatic heterocycles. The maximum atomic E-state index is 5.82. The van der Waals surface area contributed by atoms with Gasteiger partial charge in [0.2, 0.25) is 0 Å². The molecule has 0 aliphatic carbocycles. The van der Waals surface area contributed by atoms with Crippen molar-refractivity contribution >= 4 is 5.65 Å². The number of rotatable bonds is 7. The van der Waals surface area contributed by atoms with E-state index < -0.39 is 0 Å². The maximum absolute atomic E-state index is 5.82. The van der Waals surface area contributed by atoms with Gasteiger partial charge in [-0.15, -0.1) is 10.2 Å². The van der Waals surface area contributed by atoms with Crippen LogP contribution in [0.2, 0.25) is 0 Å². The summed E-state index contributed by atoms with van der Waals surface area (Å²) < 4.78 is 7.86. The lowest BCUT2D eigenvalue weighted by molar-refractivity contribution is 0.281. The molecule has 0 aliphatic rings. The highest BCUT2D eigenvalue weighted by Gasteiger charge is 2.09. The smallest absolute Gasteiger partial charge is 0.168 e. The molecule has 0 saturated carbocycles. The molecule has 5 nitrogen and oxygen atoms in total. The Bertz CT molecular complexity index is 1040. The molecule has 4 aromatic rings. The van der Waals surface area contributed by atoms with Gasteiger partial charge >= 0.3 is 0 Å². The van der Waals surface area contributed by atoms with Gasteiger partial charge in [-0.25, -0.2) is 0 Å². The third kappa shape index (κ3) is 4.05. The molecule has 0 N–H and O–H groups in total. The molecular weight excluding hydrogens is 348 g/mol. The van der Waals surface area contributed by atoms with Gasteiger partial charge in [-0.3, -0.25) is 4.40 Å². The van der Waals surface area contributed by atoms with Crippen LogP contribution in [0.15, 0.2) is 72.9 Å². The molecule has 2 heterocycles. The Balaban J connectivity index is 1.55. The minimum absolute atomic E-state index is 0.714. The van der Waals surface area contributed by atoms with Crippen LogP contribution < -0.4 is 4.74 Å². The quantitative estimate of drug-likeness (QED) is 0.451. The van der Waals surface area contributed by atoms with E-state index in [1.54, 1.807) is 0 Å². The molecule has 0 radical (unpaired) electrons. The van der Waals surface area contributed by atoms with E-state index in [0.717, 1.165) is 41.3 Å². The van der Waals surface area contributed by atoms with Crippen LogP contribution in [0.4, 0.5) is 0 Å². The molecule has 0 amide bonds. The molecule has 0 saturated heterocycles. The van der Waals surface area contributed by atoms with Crippen molar-refractivity contribution in [3.8, 4) is 28.3 Å². The fourth-order valence-electron chi connectivity index (χ4n) is 3.16. The summed E-state index contributed by atoms with van der Waals surface area (Å²) in [5.74, 6) is 1.70. The number of nitrogens with zero attached hydrogens (tertiary/aromatic N) is 4. The van der Waals surface area contributed by atoms with Crippen LogP contribution in [-0.4, -0.2) is 46.7 Å². The van der Waals surface area contributed by atoms with Crippen molar-refractivity contribution < 1.29 is 4.74 Å². The van der Waals surface area contributed by atoms with Crippen LogP contribution in [0.3, 0.4) is 0 Å². The van der Waals surface area contributed by atoms with Crippen molar-refractivity contribution in [2.45, 2.75) is 6.42 Å². The number of benzene rings is 2. The molecule has 142 valence electrons. The summed E-state index contributed by atoms with van der Waals surface area (Å²) in [7, 11) is 4.14. The molecular formula is C23H24N4O. The molecule has 4 rings (SSSR count). The third-order valence-electron chi connectivity index (χ3n) is 4.64. The maximum Gasteiger partial charge on any atom is 0.168 e.